The van der Waals surface area contributed by atoms with Gasteiger partial charge in [0.1, 0.15) is 6.10 Å². The highest BCUT2D eigenvalue weighted by atomic mass is 16.5. The molecule has 5 heteroatoms. The number of nitrogens with zero attached hydrogens (tertiary/aromatic N) is 3. The molecule has 2 aromatic carbocycles. The van der Waals surface area contributed by atoms with Gasteiger partial charge in [-0.2, -0.15) is 5.10 Å². The number of benzene rings is 2. The zero-order chi connectivity index (χ0) is 17.8. The molecular weight excluding hydrogens is 326 g/mol. The Kier molecular flexibility index (Phi) is 4.78. The molecule has 0 bridgehead atoms. The molecule has 3 aromatic rings. The number of hydrogen-bond donors (Lipinski definition) is 0. The van der Waals surface area contributed by atoms with E-state index in [0.29, 0.717) is 25.4 Å². The number of amides is 1. The molecule has 0 aliphatic carbocycles. The maximum Gasteiger partial charge on any atom is 0.233 e. The second kappa shape index (κ2) is 7.52. The van der Waals surface area contributed by atoms with Crippen LogP contribution in [0.5, 0.6) is 5.88 Å². The van der Waals surface area contributed by atoms with Crippen LogP contribution in [0.2, 0.25) is 0 Å². The van der Waals surface area contributed by atoms with Crippen molar-refractivity contribution in [3.8, 4) is 5.88 Å². The first kappa shape index (κ1) is 16.5. The van der Waals surface area contributed by atoms with E-state index in [4.69, 9.17) is 4.74 Å². The summed E-state index contributed by atoms with van der Waals surface area (Å²) in [6.07, 6.45) is 3.79. The Bertz CT molecular complexity index is 885. The Morgan fingerprint density at radius 3 is 2.65 bits per heavy atom. The highest BCUT2D eigenvalue weighted by molar-refractivity contribution is 5.90. The molecular formula is C21H21N3O2. The van der Waals surface area contributed by atoms with Crippen LogP contribution < -0.4 is 4.74 Å². The number of fused-ring (bicyclic) bond motifs is 1. The summed E-state index contributed by atoms with van der Waals surface area (Å²) in [7, 11) is 0. The van der Waals surface area contributed by atoms with Crippen LogP contribution in [-0.4, -0.2) is 40.2 Å². The minimum absolute atomic E-state index is 0.0910. The zero-order valence-electron chi connectivity index (χ0n) is 14.5. The SMILES string of the molecule is O=C(Cc1cccc2ccccc12)N1CCC(Oc2cccnn2)CC1. The molecule has 1 aliphatic heterocycles. The van der Waals surface area contributed by atoms with Gasteiger partial charge < -0.3 is 9.64 Å². The molecule has 1 fully saturated rings. The number of rotatable bonds is 4. The summed E-state index contributed by atoms with van der Waals surface area (Å²) in [5, 5.41) is 10.1. The van der Waals surface area contributed by atoms with Crippen molar-refractivity contribution in [2.24, 2.45) is 0 Å². The summed E-state index contributed by atoms with van der Waals surface area (Å²) in [5.41, 5.74) is 1.09. The quantitative estimate of drug-likeness (QED) is 0.727. The number of carbonyl (C=O) groups excluding carboxylic acids is 1. The molecule has 1 saturated heterocycles. The zero-order valence-corrected chi connectivity index (χ0v) is 14.5. The van der Waals surface area contributed by atoms with Gasteiger partial charge in [-0.05, 0) is 22.4 Å². The average molecular weight is 347 g/mol. The predicted molar refractivity (Wildman–Crippen MR) is 99.9 cm³/mol. The van der Waals surface area contributed by atoms with E-state index in [-0.39, 0.29) is 12.0 Å². The number of aromatic nitrogens is 2. The summed E-state index contributed by atoms with van der Waals surface area (Å²) in [4.78, 5) is 14.7. The van der Waals surface area contributed by atoms with Gasteiger partial charge in [0, 0.05) is 38.2 Å². The third kappa shape index (κ3) is 3.67. The van der Waals surface area contributed by atoms with Crippen molar-refractivity contribution >= 4 is 16.7 Å². The molecule has 2 heterocycles. The fraction of sp³-hybridized carbons (Fsp3) is 0.286. The Balaban J connectivity index is 1.36. The Labute approximate surface area is 152 Å². The van der Waals surface area contributed by atoms with Crippen molar-refractivity contribution < 1.29 is 9.53 Å². The molecule has 5 nitrogen and oxygen atoms in total. The van der Waals surface area contributed by atoms with Gasteiger partial charge in [0.25, 0.3) is 0 Å². The molecule has 0 spiro atoms. The smallest absolute Gasteiger partial charge is 0.233 e. The van der Waals surface area contributed by atoms with E-state index in [1.54, 1.807) is 6.20 Å². The van der Waals surface area contributed by atoms with Crippen LogP contribution in [0.25, 0.3) is 10.8 Å². The fourth-order valence-electron chi connectivity index (χ4n) is 3.47. The monoisotopic (exact) mass is 347 g/mol. The normalized spacial score (nSPS) is 15.2. The van der Waals surface area contributed by atoms with Crippen LogP contribution >= 0.6 is 0 Å². The highest BCUT2D eigenvalue weighted by Gasteiger charge is 2.24. The van der Waals surface area contributed by atoms with Gasteiger partial charge in [-0.3, -0.25) is 4.79 Å². The van der Waals surface area contributed by atoms with E-state index in [1.807, 2.05) is 41.3 Å². The number of ether oxygens (including phenoxy) is 1. The molecule has 0 radical (unpaired) electrons. The van der Waals surface area contributed by atoms with Crippen molar-refractivity contribution in [2.45, 2.75) is 25.4 Å². The first-order valence-corrected chi connectivity index (χ1v) is 8.98. The summed E-state index contributed by atoms with van der Waals surface area (Å²) < 4.78 is 5.85. The van der Waals surface area contributed by atoms with Gasteiger partial charge in [-0.25, -0.2) is 0 Å². The Hall–Kier alpha value is -2.95. The summed E-state index contributed by atoms with van der Waals surface area (Å²) in [6.45, 7) is 1.43. The molecule has 0 N–H and O–H groups in total. The number of likely N-dealkylation sites (tertiary alicyclic amines) is 1. The number of carbonyl (C=O) groups is 1. The largest absolute Gasteiger partial charge is 0.473 e. The van der Waals surface area contributed by atoms with Crippen LogP contribution in [0.4, 0.5) is 0 Å². The lowest BCUT2D eigenvalue weighted by Crippen LogP contribution is -2.42. The minimum atomic E-state index is 0.0910. The molecule has 1 aromatic heterocycles. The molecule has 26 heavy (non-hydrogen) atoms. The van der Waals surface area contributed by atoms with E-state index in [0.717, 1.165) is 23.8 Å². The lowest BCUT2D eigenvalue weighted by Gasteiger charge is -2.32. The molecule has 1 amide bonds. The second-order valence-electron chi connectivity index (χ2n) is 6.57. The summed E-state index contributed by atoms with van der Waals surface area (Å²) in [6, 6.07) is 18.0. The molecule has 0 atom stereocenters. The first-order valence-electron chi connectivity index (χ1n) is 8.98. The van der Waals surface area contributed by atoms with Gasteiger partial charge in [0.15, 0.2) is 0 Å². The number of hydrogen-bond acceptors (Lipinski definition) is 4. The average Bonchev–Trinajstić information content (AvgIpc) is 2.70. The Morgan fingerprint density at radius 1 is 1.04 bits per heavy atom. The third-order valence-corrected chi connectivity index (χ3v) is 4.85. The summed E-state index contributed by atoms with van der Waals surface area (Å²) in [5.74, 6) is 0.729. The van der Waals surface area contributed by atoms with Crippen LogP contribution in [0.3, 0.4) is 0 Å². The molecule has 0 saturated carbocycles. The van der Waals surface area contributed by atoms with Crippen molar-refractivity contribution in [3.63, 3.8) is 0 Å². The van der Waals surface area contributed by atoms with E-state index >= 15 is 0 Å². The highest BCUT2D eigenvalue weighted by Crippen LogP contribution is 2.21. The summed E-state index contributed by atoms with van der Waals surface area (Å²) >= 11 is 0. The van der Waals surface area contributed by atoms with Crippen molar-refractivity contribution in [1.82, 2.24) is 15.1 Å². The molecule has 1 aliphatic rings. The maximum absolute atomic E-state index is 12.7. The second-order valence-corrected chi connectivity index (χ2v) is 6.57. The van der Waals surface area contributed by atoms with Crippen LogP contribution in [0.1, 0.15) is 18.4 Å². The number of piperidine rings is 1. The molecule has 0 unspecified atom stereocenters. The lowest BCUT2D eigenvalue weighted by molar-refractivity contribution is -0.132. The topological polar surface area (TPSA) is 55.3 Å². The lowest BCUT2D eigenvalue weighted by atomic mass is 10.0. The van der Waals surface area contributed by atoms with E-state index < -0.39 is 0 Å². The van der Waals surface area contributed by atoms with Crippen LogP contribution in [-0.2, 0) is 11.2 Å². The van der Waals surface area contributed by atoms with Crippen molar-refractivity contribution in [3.05, 3.63) is 66.4 Å². The van der Waals surface area contributed by atoms with Gasteiger partial charge in [0.05, 0.1) is 6.42 Å². The van der Waals surface area contributed by atoms with E-state index in [9.17, 15) is 4.79 Å². The van der Waals surface area contributed by atoms with Crippen LogP contribution in [0, 0.1) is 0 Å². The molecule has 4 rings (SSSR count). The van der Waals surface area contributed by atoms with Crippen molar-refractivity contribution in [1.29, 1.82) is 0 Å². The third-order valence-electron chi connectivity index (χ3n) is 4.85. The Morgan fingerprint density at radius 2 is 1.85 bits per heavy atom. The molecule has 132 valence electrons. The van der Waals surface area contributed by atoms with E-state index in [2.05, 4.69) is 28.4 Å². The van der Waals surface area contributed by atoms with Gasteiger partial charge in [-0.1, -0.05) is 42.5 Å². The van der Waals surface area contributed by atoms with Crippen LogP contribution in [0.15, 0.2) is 60.8 Å². The van der Waals surface area contributed by atoms with Gasteiger partial charge >= 0.3 is 0 Å². The maximum atomic E-state index is 12.7. The van der Waals surface area contributed by atoms with E-state index in [1.165, 1.54) is 5.39 Å². The van der Waals surface area contributed by atoms with Crippen molar-refractivity contribution in [2.75, 3.05) is 13.1 Å². The predicted octanol–water partition coefficient (Wildman–Crippen LogP) is 3.24. The first-order chi connectivity index (χ1) is 12.8. The van der Waals surface area contributed by atoms with Gasteiger partial charge in [0.2, 0.25) is 11.8 Å². The standard InChI is InChI=1S/C21H21N3O2/c25-21(15-17-7-3-6-16-5-1-2-8-19(16)17)24-13-10-18(11-14-24)26-20-9-4-12-22-23-20/h1-9,12,18H,10-11,13-15H2. The fourth-order valence-corrected chi connectivity index (χ4v) is 3.47. The van der Waals surface area contributed by atoms with Gasteiger partial charge in [-0.15, -0.1) is 5.10 Å². The minimum Gasteiger partial charge on any atom is -0.473 e.